The molecule has 0 aliphatic carbocycles. The van der Waals surface area contributed by atoms with E-state index in [0.717, 1.165) is 21.7 Å². The Labute approximate surface area is 210 Å². The van der Waals surface area contributed by atoms with Crippen molar-refractivity contribution in [3.8, 4) is 23.8 Å². The summed E-state index contributed by atoms with van der Waals surface area (Å²) in [5, 5.41) is 9.97. The Balaban J connectivity index is 1.39. The highest BCUT2D eigenvalue weighted by Crippen LogP contribution is 2.38. The topological polar surface area (TPSA) is 94.7 Å². The third-order valence-corrected chi connectivity index (χ3v) is 6.75. The molecule has 2 aromatic carbocycles. The number of halogens is 1. The lowest BCUT2D eigenvalue weighted by Gasteiger charge is -2.13. The zero-order valence-corrected chi connectivity index (χ0v) is 20.4. The number of ether oxygens (including phenoxy) is 2. The first-order valence-electron chi connectivity index (χ1n) is 10.5. The fraction of sp³-hybridized carbons (Fsp3) is 0.208. The van der Waals surface area contributed by atoms with Gasteiger partial charge in [-0.05, 0) is 53.8 Å². The quantitative estimate of drug-likeness (QED) is 0.290. The fourth-order valence-electron chi connectivity index (χ4n) is 4.00. The largest absolute Gasteiger partial charge is 0.496 e. The number of amides is 1. The van der Waals surface area contributed by atoms with Crippen LogP contribution in [0, 0.1) is 12.3 Å². The summed E-state index contributed by atoms with van der Waals surface area (Å²) in [5.41, 5.74) is 3.42. The van der Waals surface area contributed by atoms with Crippen molar-refractivity contribution in [1.29, 1.82) is 0 Å². The minimum atomic E-state index is -0.328. The smallest absolute Gasteiger partial charge is 0.298 e. The summed E-state index contributed by atoms with van der Waals surface area (Å²) in [4.78, 5) is 14.3. The van der Waals surface area contributed by atoms with E-state index in [0.29, 0.717) is 52.9 Å². The molecule has 35 heavy (non-hydrogen) atoms. The predicted octanol–water partition coefficient (Wildman–Crippen LogP) is 4.34. The average Bonchev–Trinajstić information content (AvgIpc) is 3.57. The van der Waals surface area contributed by atoms with E-state index in [1.807, 2.05) is 16.8 Å². The van der Waals surface area contributed by atoms with Crippen molar-refractivity contribution in [2.24, 2.45) is 0 Å². The van der Waals surface area contributed by atoms with Crippen molar-refractivity contribution in [2.45, 2.75) is 24.5 Å². The third-order valence-electron chi connectivity index (χ3n) is 5.68. The molecular formula is C24H20ClN5O4S. The molecule has 178 valence electrons. The first kappa shape index (κ1) is 23.0. The van der Waals surface area contributed by atoms with Gasteiger partial charge in [-0.2, -0.15) is 5.10 Å². The van der Waals surface area contributed by atoms with E-state index in [1.54, 1.807) is 43.5 Å². The number of rotatable bonds is 7. The molecule has 1 aliphatic rings. The summed E-state index contributed by atoms with van der Waals surface area (Å²) in [6.07, 6.45) is 7.04. The summed E-state index contributed by atoms with van der Waals surface area (Å²) in [7, 11) is 3.19. The van der Waals surface area contributed by atoms with Crippen LogP contribution in [-0.4, -0.2) is 40.0 Å². The number of benzene rings is 2. The Morgan fingerprint density at radius 3 is 2.86 bits per heavy atom. The second kappa shape index (κ2) is 9.44. The van der Waals surface area contributed by atoms with Gasteiger partial charge < -0.3 is 23.6 Å². The Hall–Kier alpha value is -3.81. The van der Waals surface area contributed by atoms with Gasteiger partial charge >= 0.3 is 0 Å². The SMILES string of the molecule is C#CC(=O)N1Cc2cnn(Cc3cc(OC)c4c(NSc5cc(Cl)ccc5OC)noc4c3)c2C1. The van der Waals surface area contributed by atoms with Crippen molar-refractivity contribution in [2.75, 3.05) is 18.9 Å². The van der Waals surface area contributed by atoms with Crippen LogP contribution >= 0.6 is 23.5 Å². The van der Waals surface area contributed by atoms with Crippen LogP contribution in [0.1, 0.15) is 16.8 Å². The number of nitrogens with one attached hydrogen (secondary N) is 1. The van der Waals surface area contributed by atoms with Gasteiger partial charge in [0.1, 0.15) is 16.9 Å². The Kier molecular flexibility index (Phi) is 6.19. The van der Waals surface area contributed by atoms with E-state index in [9.17, 15) is 4.79 Å². The lowest BCUT2D eigenvalue weighted by molar-refractivity contribution is -0.125. The number of carbonyl (C=O) groups excluding carboxylic acids is 1. The zero-order chi connectivity index (χ0) is 24.5. The van der Waals surface area contributed by atoms with Crippen LogP contribution < -0.4 is 14.2 Å². The first-order valence-corrected chi connectivity index (χ1v) is 11.7. The molecule has 0 unspecified atom stereocenters. The Bertz CT molecular complexity index is 1470. The number of aromatic nitrogens is 3. The molecule has 5 rings (SSSR count). The second-order valence-corrected chi connectivity index (χ2v) is 9.07. The van der Waals surface area contributed by atoms with Crippen LogP contribution in [0.15, 0.2) is 45.9 Å². The van der Waals surface area contributed by atoms with Gasteiger partial charge in [0.25, 0.3) is 5.91 Å². The summed E-state index contributed by atoms with van der Waals surface area (Å²) in [6, 6.07) is 9.18. The molecule has 1 aliphatic heterocycles. The Morgan fingerprint density at radius 2 is 2.09 bits per heavy atom. The van der Waals surface area contributed by atoms with Gasteiger partial charge in [0, 0.05) is 10.6 Å². The number of nitrogens with zero attached hydrogens (tertiary/aromatic N) is 4. The number of methoxy groups -OCH3 is 2. The lowest BCUT2D eigenvalue weighted by Crippen LogP contribution is -2.24. The molecule has 0 bridgehead atoms. The Morgan fingerprint density at radius 1 is 1.26 bits per heavy atom. The lowest BCUT2D eigenvalue weighted by atomic mass is 10.1. The van der Waals surface area contributed by atoms with E-state index in [4.69, 9.17) is 32.0 Å². The normalized spacial score (nSPS) is 12.5. The number of hydrogen-bond donors (Lipinski definition) is 1. The van der Waals surface area contributed by atoms with Crippen LogP contribution in [0.2, 0.25) is 5.02 Å². The maximum absolute atomic E-state index is 11.9. The van der Waals surface area contributed by atoms with Gasteiger partial charge in [-0.1, -0.05) is 16.8 Å². The van der Waals surface area contributed by atoms with Gasteiger partial charge in [-0.3, -0.25) is 9.48 Å². The minimum Gasteiger partial charge on any atom is -0.496 e. The number of hydrogen-bond acceptors (Lipinski definition) is 8. The summed E-state index contributed by atoms with van der Waals surface area (Å²) in [5.74, 6) is 3.64. The summed E-state index contributed by atoms with van der Waals surface area (Å²) < 4.78 is 21.7. The van der Waals surface area contributed by atoms with Crippen molar-refractivity contribution in [3.63, 3.8) is 0 Å². The molecule has 4 aromatic rings. The van der Waals surface area contributed by atoms with Gasteiger partial charge in [0.2, 0.25) is 0 Å². The molecular weight excluding hydrogens is 490 g/mol. The second-order valence-electron chi connectivity index (χ2n) is 7.78. The molecule has 2 aromatic heterocycles. The standard InChI is InChI=1S/C24H20ClN5O4S/c1-4-22(31)29-12-15-10-26-30(17(15)13-29)11-14-7-19(33-3)23-20(8-14)34-27-24(23)28-35-21-9-16(25)5-6-18(21)32-2/h1,5-10H,11-13H2,2-3H3,(H,27,28). The van der Waals surface area contributed by atoms with Crippen molar-refractivity contribution < 1.29 is 18.8 Å². The maximum Gasteiger partial charge on any atom is 0.298 e. The zero-order valence-electron chi connectivity index (χ0n) is 18.9. The molecule has 1 N–H and O–H groups in total. The predicted molar refractivity (Wildman–Crippen MR) is 132 cm³/mol. The van der Waals surface area contributed by atoms with Crippen LogP contribution in [0.3, 0.4) is 0 Å². The molecule has 3 heterocycles. The molecule has 1 amide bonds. The molecule has 0 radical (unpaired) electrons. The fourth-order valence-corrected chi connectivity index (χ4v) is 5.02. The van der Waals surface area contributed by atoms with Crippen LogP contribution in [0.5, 0.6) is 11.5 Å². The minimum absolute atomic E-state index is 0.328. The molecule has 0 fully saturated rings. The van der Waals surface area contributed by atoms with E-state index >= 15 is 0 Å². The number of terminal acetylenes is 1. The van der Waals surface area contributed by atoms with E-state index in [2.05, 4.69) is 20.9 Å². The van der Waals surface area contributed by atoms with Crippen molar-refractivity contribution in [3.05, 3.63) is 58.4 Å². The maximum atomic E-state index is 11.9. The molecule has 0 saturated carbocycles. The van der Waals surface area contributed by atoms with E-state index < -0.39 is 0 Å². The molecule has 0 saturated heterocycles. The van der Waals surface area contributed by atoms with Gasteiger partial charge in [0.05, 0.1) is 50.6 Å². The summed E-state index contributed by atoms with van der Waals surface area (Å²) in [6.45, 7) is 1.36. The molecule has 0 spiro atoms. The highest BCUT2D eigenvalue weighted by atomic mass is 35.5. The number of carbonyl (C=O) groups is 1. The number of fused-ring (bicyclic) bond motifs is 2. The van der Waals surface area contributed by atoms with Crippen molar-refractivity contribution in [1.82, 2.24) is 19.8 Å². The van der Waals surface area contributed by atoms with Crippen LogP contribution in [0.25, 0.3) is 11.0 Å². The third kappa shape index (κ3) is 4.36. The van der Waals surface area contributed by atoms with E-state index in [1.165, 1.54) is 11.9 Å². The first-order chi connectivity index (χ1) is 17.0. The van der Waals surface area contributed by atoms with Gasteiger partial charge in [0.15, 0.2) is 11.4 Å². The molecule has 11 heteroatoms. The average molecular weight is 510 g/mol. The number of anilines is 1. The molecule has 9 nitrogen and oxygen atoms in total. The van der Waals surface area contributed by atoms with Crippen LogP contribution in [0.4, 0.5) is 5.82 Å². The van der Waals surface area contributed by atoms with Crippen molar-refractivity contribution >= 4 is 46.2 Å². The monoisotopic (exact) mass is 509 g/mol. The summed E-state index contributed by atoms with van der Waals surface area (Å²) >= 11 is 7.44. The molecule has 0 atom stereocenters. The van der Waals surface area contributed by atoms with Gasteiger partial charge in [-0.25, -0.2) is 0 Å². The van der Waals surface area contributed by atoms with Crippen LogP contribution in [-0.2, 0) is 24.4 Å². The highest BCUT2D eigenvalue weighted by Gasteiger charge is 2.26. The van der Waals surface area contributed by atoms with Gasteiger partial charge in [-0.15, -0.1) is 6.42 Å². The highest BCUT2D eigenvalue weighted by molar-refractivity contribution is 8.00. The van der Waals surface area contributed by atoms with E-state index in [-0.39, 0.29) is 5.91 Å².